The third-order valence-electron chi connectivity index (χ3n) is 1.25. The molecule has 1 radical (unpaired) electrons. The van der Waals surface area contributed by atoms with Crippen LogP contribution in [0.4, 0.5) is 0 Å². The maximum atomic E-state index is 3.12. The maximum Gasteiger partial charge on any atom is 0.0637 e. The molecule has 0 unspecified atom stereocenters. The van der Waals surface area contributed by atoms with E-state index in [9.17, 15) is 0 Å². The lowest BCUT2D eigenvalue weighted by Gasteiger charge is -1.78. The third kappa shape index (κ3) is 0.599. The molecule has 1 aliphatic heterocycles. The van der Waals surface area contributed by atoms with Crippen LogP contribution in [0.3, 0.4) is 0 Å². The lowest BCUT2D eigenvalue weighted by molar-refractivity contribution is 1.18. The van der Waals surface area contributed by atoms with Gasteiger partial charge in [0.05, 0.1) is 4.21 Å². The van der Waals surface area contributed by atoms with Crippen molar-refractivity contribution in [2.24, 2.45) is 0 Å². The SMILES string of the molecule is [c]1cc2c(s1)SCC2. The predicted molar refractivity (Wildman–Crippen MR) is 37.6 cm³/mol. The van der Waals surface area contributed by atoms with Gasteiger partial charge in [-0.15, -0.1) is 23.1 Å². The van der Waals surface area contributed by atoms with E-state index in [2.05, 4.69) is 11.4 Å². The van der Waals surface area contributed by atoms with Crippen LogP contribution >= 0.6 is 23.1 Å². The predicted octanol–water partition coefficient (Wildman–Crippen LogP) is 2.20. The van der Waals surface area contributed by atoms with Gasteiger partial charge in [0.15, 0.2) is 0 Å². The van der Waals surface area contributed by atoms with E-state index in [4.69, 9.17) is 0 Å². The fourth-order valence-electron chi connectivity index (χ4n) is 0.829. The molecule has 8 heavy (non-hydrogen) atoms. The Bertz CT molecular complexity index is 172. The van der Waals surface area contributed by atoms with Gasteiger partial charge < -0.3 is 0 Å². The fraction of sp³-hybridized carbons (Fsp3) is 0.333. The van der Waals surface area contributed by atoms with Crippen LogP contribution in [0, 0.1) is 5.38 Å². The molecule has 2 rings (SSSR count). The molecule has 0 N–H and O–H groups in total. The Labute approximate surface area is 56.9 Å². The van der Waals surface area contributed by atoms with Gasteiger partial charge in [0, 0.05) is 11.1 Å². The molecule has 0 aliphatic carbocycles. The van der Waals surface area contributed by atoms with Gasteiger partial charge in [-0.2, -0.15) is 0 Å². The van der Waals surface area contributed by atoms with E-state index in [1.165, 1.54) is 21.9 Å². The Balaban J connectivity index is 2.54. The van der Waals surface area contributed by atoms with Crippen molar-refractivity contribution in [3.05, 3.63) is 17.0 Å². The maximum absolute atomic E-state index is 3.12. The monoisotopic (exact) mass is 141 g/mol. The topological polar surface area (TPSA) is 0 Å². The van der Waals surface area contributed by atoms with Gasteiger partial charge in [-0.3, -0.25) is 0 Å². The standard InChI is InChI=1S/C6H5S2/c1-3-7-6-5(1)2-4-8-6/h1H,2,4H2. The van der Waals surface area contributed by atoms with E-state index in [1.54, 1.807) is 11.3 Å². The summed E-state index contributed by atoms with van der Waals surface area (Å²) in [6.45, 7) is 0. The summed E-state index contributed by atoms with van der Waals surface area (Å²) in [5.74, 6) is 1.29. The molecule has 0 bridgehead atoms. The van der Waals surface area contributed by atoms with E-state index < -0.39 is 0 Å². The average molecular weight is 141 g/mol. The first-order valence-electron chi connectivity index (χ1n) is 2.58. The number of fused-ring (bicyclic) bond motifs is 1. The molecule has 0 aromatic carbocycles. The Morgan fingerprint density at radius 3 is 3.50 bits per heavy atom. The number of rotatable bonds is 0. The zero-order chi connectivity index (χ0) is 5.40. The molecule has 1 aliphatic rings. The average Bonchev–Trinajstić information content (AvgIpc) is 2.15. The summed E-state index contributed by atoms with van der Waals surface area (Å²) >= 11 is 3.71. The van der Waals surface area contributed by atoms with Crippen LogP contribution in [-0.4, -0.2) is 5.75 Å². The van der Waals surface area contributed by atoms with Crippen molar-refractivity contribution in [3.63, 3.8) is 0 Å². The summed E-state index contributed by atoms with van der Waals surface area (Å²) in [5, 5.41) is 3.12. The zero-order valence-corrected chi connectivity index (χ0v) is 5.94. The molecule has 0 saturated heterocycles. The summed E-state index contributed by atoms with van der Waals surface area (Å²) in [6.07, 6.45) is 1.26. The van der Waals surface area contributed by atoms with E-state index in [-0.39, 0.29) is 0 Å². The first-order chi connectivity index (χ1) is 3.97. The van der Waals surface area contributed by atoms with Crippen LogP contribution in [-0.2, 0) is 6.42 Å². The van der Waals surface area contributed by atoms with Crippen molar-refractivity contribution in [2.45, 2.75) is 10.6 Å². The minimum Gasteiger partial charge on any atom is -0.128 e. The summed E-state index contributed by atoms with van der Waals surface area (Å²) in [7, 11) is 0. The van der Waals surface area contributed by atoms with Crippen LogP contribution in [0.25, 0.3) is 0 Å². The number of thiophene rings is 1. The van der Waals surface area contributed by atoms with Crippen LogP contribution < -0.4 is 0 Å². The van der Waals surface area contributed by atoms with Gasteiger partial charge in [0.2, 0.25) is 0 Å². The van der Waals surface area contributed by atoms with Gasteiger partial charge in [-0.05, 0) is 18.1 Å². The lowest BCUT2D eigenvalue weighted by Crippen LogP contribution is -1.72. The second-order valence-corrected chi connectivity index (χ2v) is 3.99. The Hall–Kier alpha value is 0.0500. The quantitative estimate of drug-likeness (QED) is 0.533. The van der Waals surface area contributed by atoms with Crippen molar-refractivity contribution in [1.29, 1.82) is 0 Å². The summed E-state index contributed by atoms with van der Waals surface area (Å²) in [5.41, 5.74) is 1.51. The van der Waals surface area contributed by atoms with Gasteiger partial charge in [0.1, 0.15) is 0 Å². The second kappa shape index (κ2) is 1.78. The van der Waals surface area contributed by atoms with Crippen LogP contribution in [0.5, 0.6) is 0 Å². The zero-order valence-electron chi connectivity index (χ0n) is 4.31. The molecule has 1 aromatic heterocycles. The molecule has 2 heteroatoms. The van der Waals surface area contributed by atoms with Crippen molar-refractivity contribution in [1.82, 2.24) is 0 Å². The largest absolute Gasteiger partial charge is 0.128 e. The molecule has 0 fully saturated rings. The highest BCUT2D eigenvalue weighted by atomic mass is 32.2. The fourth-order valence-corrected chi connectivity index (χ4v) is 2.91. The van der Waals surface area contributed by atoms with E-state index in [0.717, 1.165) is 0 Å². The Morgan fingerprint density at radius 1 is 1.62 bits per heavy atom. The van der Waals surface area contributed by atoms with Crippen LogP contribution in [0.2, 0.25) is 0 Å². The first-order valence-corrected chi connectivity index (χ1v) is 4.38. The van der Waals surface area contributed by atoms with Crippen molar-refractivity contribution >= 4 is 23.1 Å². The first kappa shape index (κ1) is 4.89. The summed E-state index contributed by atoms with van der Waals surface area (Å²) < 4.78 is 1.49. The van der Waals surface area contributed by atoms with Crippen LogP contribution in [0.15, 0.2) is 10.3 Å². The van der Waals surface area contributed by atoms with Crippen molar-refractivity contribution in [2.75, 3.05) is 5.75 Å². The molecule has 0 amide bonds. The number of thioether (sulfide) groups is 1. The van der Waals surface area contributed by atoms with Crippen molar-refractivity contribution in [3.8, 4) is 0 Å². The highest BCUT2D eigenvalue weighted by Crippen LogP contribution is 2.34. The van der Waals surface area contributed by atoms with Gasteiger partial charge in [0.25, 0.3) is 0 Å². The van der Waals surface area contributed by atoms with Gasteiger partial charge in [-0.25, -0.2) is 0 Å². The third-order valence-corrected chi connectivity index (χ3v) is 3.47. The molecule has 41 valence electrons. The number of hydrogen-bond acceptors (Lipinski definition) is 2. The smallest absolute Gasteiger partial charge is 0.0637 e. The molecular formula is C6H5S2. The Morgan fingerprint density at radius 2 is 2.62 bits per heavy atom. The second-order valence-electron chi connectivity index (χ2n) is 1.78. The highest BCUT2D eigenvalue weighted by molar-refractivity contribution is 8.01. The van der Waals surface area contributed by atoms with E-state index in [0.29, 0.717) is 0 Å². The minimum atomic E-state index is 1.26. The Kier molecular flexibility index (Phi) is 1.09. The molecular weight excluding hydrogens is 136 g/mol. The normalized spacial score (nSPS) is 16.5. The van der Waals surface area contributed by atoms with E-state index in [1.807, 2.05) is 11.8 Å². The number of aryl methyl sites for hydroxylation is 1. The van der Waals surface area contributed by atoms with Crippen LogP contribution in [0.1, 0.15) is 5.56 Å². The molecule has 0 spiro atoms. The summed E-state index contributed by atoms with van der Waals surface area (Å²) in [4.78, 5) is 0. The number of hydrogen-bond donors (Lipinski definition) is 0. The molecule has 0 saturated carbocycles. The van der Waals surface area contributed by atoms with Crippen molar-refractivity contribution < 1.29 is 0 Å². The molecule has 0 atom stereocenters. The molecule has 1 aromatic rings. The van der Waals surface area contributed by atoms with Gasteiger partial charge >= 0.3 is 0 Å². The van der Waals surface area contributed by atoms with Gasteiger partial charge in [-0.1, -0.05) is 0 Å². The highest BCUT2D eigenvalue weighted by Gasteiger charge is 2.10. The lowest BCUT2D eigenvalue weighted by atomic mass is 10.3. The molecule has 2 heterocycles. The summed E-state index contributed by atoms with van der Waals surface area (Å²) in [6, 6.07) is 2.11. The molecule has 0 nitrogen and oxygen atoms in total. The minimum absolute atomic E-state index is 1.26. The van der Waals surface area contributed by atoms with E-state index >= 15 is 0 Å².